The number of nitrogens with one attached hydrogen (secondary N) is 1. The lowest BCUT2D eigenvalue weighted by Gasteiger charge is -2.20. The van der Waals surface area contributed by atoms with Crippen LogP contribution in [0.2, 0.25) is 5.02 Å². The van der Waals surface area contributed by atoms with Gasteiger partial charge in [-0.2, -0.15) is 0 Å². The zero-order valence-corrected chi connectivity index (χ0v) is 17.8. The highest BCUT2D eigenvalue weighted by Crippen LogP contribution is 2.33. The van der Waals surface area contributed by atoms with Crippen LogP contribution >= 0.6 is 11.6 Å². The van der Waals surface area contributed by atoms with E-state index >= 15 is 0 Å². The molecular weight excluding hydrogens is 382 g/mol. The zero-order valence-electron chi connectivity index (χ0n) is 17.0. The molecule has 0 bridgehead atoms. The van der Waals surface area contributed by atoms with Gasteiger partial charge in [0.05, 0.1) is 5.92 Å². The predicted octanol–water partition coefficient (Wildman–Crippen LogP) is 5.67. The van der Waals surface area contributed by atoms with Crippen LogP contribution in [-0.2, 0) is 17.8 Å². The van der Waals surface area contributed by atoms with Crippen molar-refractivity contribution in [1.82, 2.24) is 5.32 Å². The van der Waals surface area contributed by atoms with Crippen molar-refractivity contribution in [2.45, 2.75) is 39.7 Å². The van der Waals surface area contributed by atoms with Crippen LogP contribution in [0.5, 0.6) is 5.75 Å². The molecule has 0 saturated carbocycles. The molecule has 1 unspecified atom stereocenters. The molecule has 2 N–H and O–H groups in total. The lowest BCUT2D eigenvalue weighted by atomic mass is 9.88. The highest BCUT2D eigenvalue weighted by Gasteiger charge is 2.26. The van der Waals surface area contributed by atoms with Gasteiger partial charge >= 0.3 is 0 Å². The van der Waals surface area contributed by atoms with Gasteiger partial charge in [-0.1, -0.05) is 67.1 Å². The van der Waals surface area contributed by atoms with Crippen LogP contribution < -0.4 is 5.32 Å². The molecule has 0 aliphatic carbocycles. The van der Waals surface area contributed by atoms with Crippen molar-refractivity contribution in [2.75, 3.05) is 0 Å². The van der Waals surface area contributed by atoms with Crippen molar-refractivity contribution in [1.29, 1.82) is 0 Å². The number of aryl methyl sites for hydroxylation is 3. The molecule has 3 aromatic carbocycles. The van der Waals surface area contributed by atoms with Gasteiger partial charge in [0.1, 0.15) is 5.75 Å². The number of halogens is 1. The van der Waals surface area contributed by atoms with Crippen LogP contribution in [0.1, 0.15) is 46.2 Å². The van der Waals surface area contributed by atoms with E-state index < -0.39 is 5.92 Å². The first kappa shape index (κ1) is 20.9. The topological polar surface area (TPSA) is 49.3 Å². The summed E-state index contributed by atoms with van der Waals surface area (Å²) in [7, 11) is 0. The maximum atomic E-state index is 13.3. The van der Waals surface area contributed by atoms with Gasteiger partial charge in [0.25, 0.3) is 0 Å². The number of rotatable bonds is 6. The third kappa shape index (κ3) is 4.80. The number of amides is 1. The molecule has 1 amide bonds. The molecular formula is C25H26ClNO2. The normalized spacial score (nSPS) is 11.9. The molecule has 3 rings (SSSR count). The Labute approximate surface area is 177 Å². The molecule has 4 heteroatoms. The zero-order chi connectivity index (χ0) is 21.0. The molecule has 0 spiro atoms. The molecule has 0 radical (unpaired) electrons. The van der Waals surface area contributed by atoms with Gasteiger partial charge < -0.3 is 10.4 Å². The standard InChI is InChI=1S/C25H26ClNO2/c1-4-18-10-11-23(28)20(14-18)24(19-8-6-5-7-9-19)25(29)27-15-21-17(3)12-16(2)13-22(21)26/h5-14,24,28H,4,15H2,1-3H3,(H,27,29). The predicted molar refractivity (Wildman–Crippen MR) is 119 cm³/mol. The second kappa shape index (κ2) is 9.15. The van der Waals surface area contributed by atoms with Crippen LogP contribution in [0.3, 0.4) is 0 Å². The lowest BCUT2D eigenvalue weighted by Crippen LogP contribution is -2.30. The van der Waals surface area contributed by atoms with Crippen molar-refractivity contribution < 1.29 is 9.90 Å². The molecule has 0 fully saturated rings. The number of hydrogen-bond acceptors (Lipinski definition) is 2. The number of benzene rings is 3. The summed E-state index contributed by atoms with van der Waals surface area (Å²) in [6.07, 6.45) is 0.828. The van der Waals surface area contributed by atoms with Crippen LogP contribution in [0.25, 0.3) is 0 Å². The Kier molecular flexibility index (Phi) is 6.60. The summed E-state index contributed by atoms with van der Waals surface area (Å²) >= 11 is 6.41. The van der Waals surface area contributed by atoms with Crippen LogP contribution in [0.4, 0.5) is 0 Å². The van der Waals surface area contributed by atoms with Crippen LogP contribution in [-0.4, -0.2) is 11.0 Å². The number of carbonyl (C=O) groups excluding carboxylic acids is 1. The highest BCUT2D eigenvalue weighted by atomic mass is 35.5. The van der Waals surface area contributed by atoms with Crippen molar-refractivity contribution >= 4 is 17.5 Å². The SMILES string of the molecule is CCc1ccc(O)c(C(C(=O)NCc2c(C)cc(C)cc2Cl)c2ccccc2)c1. The maximum Gasteiger partial charge on any atom is 0.232 e. The fourth-order valence-electron chi connectivity index (χ4n) is 3.62. The largest absolute Gasteiger partial charge is 0.508 e. The van der Waals surface area contributed by atoms with Crippen molar-refractivity contribution in [3.05, 3.63) is 99.1 Å². The molecule has 3 nitrogen and oxygen atoms in total. The van der Waals surface area contributed by atoms with E-state index in [-0.39, 0.29) is 11.7 Å². The van der Waals surface area contributed by atoms with Gasteiger partial charge in [-0.15, -0.1) is 0 Å². The van der Waals surface area contributed by atoms with Gasteiger partial charge in [-0.05, 0) is 60.2 Å². The van der Waals surface area contributed by atoms with E-state index in [9.17, 15) is 9.90 Å². The third-order valence-corrected chi connectivity index (χ3v) is 5.55. The van der Waals surface area contributed by atoms with Gasteiger partial charge in [-0.25, -0.2) is 0 Å². The Hall–Kier alpha value is -2.78. The quantitative estimate of drug-likeness (QED) is 0.552. The van der Waals surface area contributed by atoms with Crippen molar-refractivity contribution in [3.8, 4) is 5.75 Å². The molecule has 150 valence electrons. The van der Waals surface area contributed by atoms with Crippen molar-refractivity contribution in [2.24, 2.45) is 0 Å². The van der Waals surface area contributed by atoms with E-state index in [2.05, 4.69) is 18.3 Å². The Morgan fingerprint density at radius 1 is 1.07 bits per heavy atom. The molecule has 3 aromatic rings. The molecule has 1 atom stereocenters. The summed E-state index contributed by atoms with van der Waals surface area (Å²) in [6, 6.07) is 19.0. The molecule has 0 aromatic heterocycles. The molecule has 0 aliphatic rings. The van der Waals surface area contributed by atoms with Gasteiger partial charge in [0.2, 0.25) is 5.91 Å². The summed E-state index contributed by atoms with van der Waals surface area (Å²) in [5, 5.41) is 14.2. The smallest absolute Gasteiger partial charge is 0.232 e. The van der Waals surface area contributed by atoms with Gasteiger partial charge in [0.15, 0.2) is 0 Å². The average molecular weight is 408 g/mol. The fourth-order valence-corrected chi connectivity index (χ4v) is 4.01. The number of phenols is 1. The maximum absolute atomic E-state index is 13.3. The van der Waals surface area contributed by atoms with E-state index in [0.29, 0.717) is 17.1 Å². The first-order chi connectivity index (χ1) is 13.9. The highest BCUT2D eigenvalue weighted by molar-refractivity contribution is 6.31. The summed E-state index contributed by atoms with van der Waals surface area (Å²) in [4.78, 5) is 13.3. The Morgan fingerprint density at radius 2 is 1.79 bits per heavy atom. The summed E-state index contributed by atoms with van der Waals surface area (Å²) < 4.78 is 0. The second-order valence-electron chi connectivity index (χ2n) is 7.35. The lowest BCUT2D eigenvalue weighted by molar-refractivity contribution is -0.121. The first-order valence-corrected chi connectivity index (χ1v) is 10.2. The van der Waals surface area contributed by atoms with E-state index in [1.54, 1.807) is 6.07 Å². The molecule has 0 saturated heterocycles. The monoisotopic (exact) mass is 407 g/mol. The Balaban J connectivity index is 1.94. The van der Waals surface area contributed by atoms with E-state index in [0.717, 1.165) is 34.2 Å². The minimum absolute atomic E-state index is 0.121. The molecule has 0 heterocycles. The molecule has 29 heavy (non-hydrogen) atoms. The van der Waals surface area contributed by atoms with E-state index in [1.165, 1.54) is 0 Å². The summed E-state index contributed by atoms with van der Waals surface area (Å²) in [5.74, 6) is -0.654. The average Bonchev–Trinajstić information content (AvgIpc) is 2.69. The Morgan fingerprint density at radius 3 is 2.45 bits per heavy atom. The summed E-state index contributed by atoms with van der Waals surface area (Å²) in [5.41, 5.74) is 5.56. The minimum atomic E-state index is -0.604. The van der Waals surface area contributed by atoms with Crippen LogP contribution in [0, 0.1) is 13.8 Å². The second-order valence-corrected chi connectivity index (χ2v) is 7.76. The number of phenolic OH excluding ortho intramolecular Hbond substituents is 1. The Bertz CT molecular complexity index is 992. The van der Waals surface area contributed by atoms with E-state index in [4.69, 9.17) is 11.6 Å². The number of hydrogen-bond donors (Lipinski definition) is 2. The number of aromatic hydroxyl groups is 1. The number of carbonyl (C=O) groups is 1. The van der Waals surface area contributed by atoms with Gasteiger partial charge in [0, 0.05) is 17.1 Å². The summed E-state index contributed by atoms with van der Waals surface area (Å²) in [6.45, 7) is 6.37. The third-order valence-electron chi connectivity index (χ3n) is 5.21. The fraction of sp³-hybridized carbons (Fsp3) is 0.240. The van der Waals surface area contributed by atoms with E-state index in [1.807, 2.05) is 62.4 Å². The first-order valence-electron chi connectivity index (χ1n) is 9.80. The van der Waals surface area contributed by atoms with Gasteiger partial charge in [-0.3, -0.25) is 4.79 Å². The van der Waals surface area contributed by atoms with Crippen molar-refractivity contribution in [3.63, 3.8) is 0 Å². The molecule has 0 aliphatic heterocycles. The van der Waals surface area contributed by atoms with Crippen LogP contribution in [0.15, 0.2) is 60.7 Å². The minimum Gasteiger partial charge on any atom is -0.508 e.